The van der Waals surface area contributed by atoms with E-state index < -0.39 is 0 Å². The minimum atomic E-state index is -0.236. The van der Waals surface area contributed by atoms with Crippen LogP contribution < -0.4 is 16.0 Å². The van der Waals surface area contributed by atoms with Gasteiger partial charge < -0.3 is 20.9 Å². The van der Waals surface area contributed by atoms with Gasteiger partial charge in [-0.15, -0.1) is 0 Å². The van der Waals surface area contributed by atoms with Gasteiger partial charge in [0.2, 0.25) is 5.91 Å². The maximum atomic E-state index is 12.5. The van der Waals surface area contributed by atoms with Crippen LogP contribution in [0.15, 0.2) is 78.9 Å². The van der Waals surface area contributed by atoms with Crippen molar-refractivity contribution in [2.24, 2.45) is 0 Å². The van der Waals surface area contributed by atoms with E-state index in [0.717, 1.165) is 5.56 Å². The van der Waals surface area contributed by atoms with Gasteiger partial charge in [0.25, 0.3) is 11.8 Å². The molecule has 7 heteroatoms. The van der Waals surface area contributed by atoms with Crippen molar-refractivity contribution in [3.63, 3.8) is 0 Å². The highest BCUT2D eigenvalue weighted by Gasteiger charge is 2.14. The lowest BCUT2D eigenvalue weighted by molar-refractivity contribution is -0.114. The first-order valence-electron chi connectivity index (χ1n) is 11.8. The SMILES string of the molecule is CCN(CC)C(=O)c1cccc(NCC(=O)Nc2ccc(C(=O)NC(C)c3ccccc3)cc2)c1. The number of hydrogen-bond donors (Lipinski definition) is 3. The summed E-state index contributed by atoms with van der Waals surface area (Å²) in [6.45, 7) is 7.14. The van der Waals surface area contributed by atoms with Gasteiger partial charge in [-0.25, -0.2) is 0 Å². The molecule has 3 N–H and O–H groups in total. The second kappa shape index (κ2) is 12.4. The van der Waals surface area contributed by atoms with Crippen LogP contribution in [0.25, 0.3) is 0 Å². The molecule has 0 saturated heterocycles. The second-order valence-electron chi connectivity index (χ2n) is 8.14. The molecule has 0 fully saturated rings. The van der Waals surface area contributed by atoms with Crippen molar-refractivity contribution >= 4 is 29.1 Å². The van der Waals surface area contributed by atoms with Gasteiger partial charge in [0.1, 0.15) is 0 Å². The average molecular weight is 473 g/mol. The third kappa shape index (κ3) is 7.17. The van der Waals surface area contributed by atoms with E-state index in [1.54, 1.807) is 47.4 Å². The Balaban J connectivity index is 1.51. The standard InChI is InChI=1S/C28H32N4O3/c1-4-32(5-2)28(35)23-12-9-13-25(18-23)29-19-26(33)31-24-16-14-22(15-17-24)27(34)30-20(3)21-10-7-6-8-11-21/h6-18,20,29H,4-5,19H2,1-3H3,(H,30,34)(H,31,33). The number of benzene rings is 3. The Morgan fingerprint density at radius 1 is 0.800 bits per heavy atom. The van der Waals surface area contributed by atoms with Crippen molar-refractivity contribution in [3.05, 3.63) is 95.6 Å². The van der Waals surface area contributed by atoms with Gasteiger partial charge in [0.05, 0.1) is 12.6 Å². The summed E-state index contributed by atoms with van der Waals surface area (Å²) < 4.78 is 0. The van der Waals surface area contributed by atoms with Crippen molar-refractivity contribution in [1.82, 2.24) is 10.2 Å². The van der Waals surface area contributed by atoms with Crippen LogP contribution in [0.1, 0.15) is 53.1 Å². The lowest BCUT2D eigenvalue weighted by Crippen LogP contribution is -2.30. The number of anilines is 2. The molecular formula is C28H32N4O3. The lowest BCUT2D eigenvalue weighted by atomic mass is 10.1. The molecule has 1 atom stereocenters. The number of carbonyl (C=O) groups excluding carboxylic acids is 3. The molecule has 0 aliphatic carbocycles. The number of nitrogens with zero attached hydrogens (tertiary/aromatic N) is 1. The highest BCUT2D eigenvalue weighted by molar-refractivity contribution is 5.97. The van der Waals surface area contributed by atoms with Crippen LogP contribution in [-0.4, -0.2) is 42.3 Å². The predicted molar refractivity (Wildman–Crippen MR) is 140 cm³/mol. The third-order valence-corrected chi connectivity index (χ3v) is 5.69. The van der Waals surface area contributed by atoms with Crippen molar-refractivity contribution in [2.45, 2.75) is 26.8 Å². The molecule has 0 bridgehead atoms. The molecule has 0 aliphatic heterocycles. The molecule has 3 aromatic carbocycles. The van der Waals surface area contributed by atoms with Crippen LogP contribution in [-0.2, 0) is 4.79 Å². The monoisotopic (exact) mass is 472 g/mol. The van der Waals surface area contributed by atoms with E-state index in [0.29, 0.717) is 35.6 Å². The fraction of sp³-hybridized carbons (Fsp3) is 0.250. The summed E-state index contributed by atoms with van der Waals surface area (Å²) in [7, 11) is 0. The van der Waals surface area contributed by atoms with Crippen LogP contribution >= 0.6 is 0 Å². The number of hydrogen-bond acceptors (Lipinski definition) is 4. The van der Waals surface area contributed by atoms with E-state index in [-0.39, 0.29) is 30.3 Å². The molecule has 0 aliphatic rings. The van der Waals surface area contributed by atoms with Gasteiger partial charge >= 0.3 is 0 Å². The fourth-order valence-corrected chi connectivity index (χ4v) is 3.65. The summed E-state index contributed by atoms with van der Waals surface area (Å²) in [5, 5.41) is 8.84. The molecule has 0 radical (unpaired) electrons. The molecule has 7 nitrogen and oxygen atoms in total. The van der Waals surface area contributed by atoms with Crippen molar-refractivity contribution in [1.29, 1.82) is 0 Å². The molecule has 3 aromatic rings. The number of rotatable bonds is 10. The molecule has 0 spiro atoms. The maximum Gasteiger partial charge on any atom is 0.253 e. The summed E-state index contributed by atoms with van der Waals surface area (Å²) in [6, 6.07) is 23.5. The van der Waals surface area contributed by atoms with Gasteiger partial charge in [-0.2, -0.15) is 0 Å². The highest BCUT2D eigenvalue weighted by Crippen LogP contribution is 2.15. The van der Waals surface area contributed by atoms with Crippen LogP contribution in [0.5, 0.6) is 0 Å². The molecule has 0 heterocycles. The average Bonchev–Trinajstić information content (AvgIpc) is 2.89. The first-order valence-corrected chi connectivity index (χ1v) is 11.8. The smallest absolute Gasteiger partial charge is 0.253 e. The number of carbonyl (C=O) groups is 3. The Hall–Kier alpha value is -4.13. The minimum Gasteiger partial charge on any atom is -0.376 e. The number of amides is 3. The summed E-state index contributed by atoms with van der Waals surface area (Å²) in [5.41, 5.74) is 3.40. The maximum absolute atomic E-state index is 12.5. The summed E-state index contributed by atoms with van der Waals surface area (Å²) in [4.78, 5) is 39.2. The van der Waals surface area contributed by atoms with Gasteiger partial charge in [-0.05, 0) is 68.8 Å². The fourth-order valence-electron chi connectivity index (χ4n) is 3.65. The molecule has 0 saturated carbocycles. The van der Waals surface area contributed by atoms with E-state index in [1.165, 1.54) is 0 Å². The van der Waals surface area contributed by atoms with Crippen LogP contribution in [0.4, 0.5) is 11.4 Å². The second-order valence-corrected chi connectivity index (χ2v) is 8.14. The Bertz CT molecular complexity index is 1140. The van der Waals surface area contributed by atoms with Gasteiger partial charge in [0, 0.05) is 35.6 Å². The van der Waals surface area contributed by atoms with Crippen molar-refractivity contribution in [3.8, 4) is 0 Å². The third-order valence-electron chi connectivity index (χ3n) is 5.69. The minimum absolute atomic E-state index is 0.0367. The van der Waals surface area contributed by atoms with E-state index in [2.05, 4.69) is 16.0 Å². The van der Waals surface area contributed by atoms with Gasteiger partial charge in [0.15, 0.2) is 0 Å². The van der Waals surface area contributed by atoms with Crippen LogP contribution in [0, 0.1) is 0 Å². The van der Waals surface area contributed by atoms with E-state index >= 15 is 0 Å². The summed E-state index contributed by atoms with van der Waals surface area (Å²) in [6.07, 6.45) is 0. The predicted octanol–water partition coefficient (Wildman–Crippen LogP) is 4.71. The van der Waals surface area contributed by atoms with Crippen LogP contribution in [0.3, 0.4) is 0 Å². The van der Waals surface area contributed by atoms with E-state index in [1.807, 2.05) is 57.2 Å². The quantitative estimate of drug-likeness (QED) is 0.399. The highest BCUT2D eigenvalue weighted by atomic mass is 16.2. The molecule has 0 aromatic heterocycles. The Kier molecular flexibility index (Phi) is 9.01. The van der Waals surface area contributed by atoms with Gasteiger partial charge in [-0.1, -0.05) is 36.4 Å². The zero-order valence-electron chi connectivity index (χ0n) is 20.4. The van der Waals surface area contributed by atoms with Crippen LogP contribution in [0.2, 0.25) is 0 Å². The van der Waals surface area contributed by atoms with E-state index in [4.69, 9.17) is 0 Å². The van der Waals surface area contributed by atoms with Gasteiger partial charge in [-0.3, -0.25) is 14.4 Å². The zero-order valence-corrected chi connectivity index (χ0v) is 20.4. The summed E-state index contributed by atoms with van der Waals surface area (Å²) >= 11 is 0. The Morgan fingerprint density at radius 2 is 1.49 bits per heavy atom. The molecule has 182 valence electrons. The Labute approximate surface area is 206 Å². The van der Waals surface area contributed by atoms with Crippen molar-refractivity contribution < 1.29 is 14.4 Å². The Morgan fingerprint density at radius 3 is 2.14 bits per heavy atom. The topological polar surface area (TPSA) is 90.5 Å². The normalized spacial score (nSPS) is 11.3. The van der Waals surface area contributed by atoms with E-state index in [9.17, 15) is 14.4 Å². The molecular weight excluding hydrogens is 440 g/mol. The summed E-state index contributed by atoms with van der Waals surface area (Å²) in [5.74, 6) is -0.453. The molecule has 3 rings (SSSR count). The lowest BCUT2D eigenvalue weighted by Gasteiger charge is -2.19. The zero-order chi connectivity index (χ0) is 25.2. The first kappa shape index (κ1) is 25.5. The molecule has 3 amide bonds. The number of nitrogens with one attached hydrogen (secondary N) is 3. The largest absolute Gasteiger partial charge is 0.376 e. The van der Waals surface area contributed by atoms with Crippen molar-refractivity contribution in [2.75, 3.05) is 30.3 Å². The first-order chi connectivity index (χ1) is 16.9. The molecule has 1 unspecified atom stereocenters. The molecule has 35 heavy (non-hydrogen) atoms.